The van der Waals surface area contributed by atoms with Crippen LogP contribution in [0.1, 0.15) is 44.4 Å². The van der Waals surface area contributed by atoms with Crippen molar-refractivity contribution in [3.63, 3.8) is 0 Å². The maximum absolute atomic E-state index is 11.1. The second-order valence-corrected chi connectivity index (χ2v) is 3.68. The fourth-order valence-electron chi connectivity index (χ4n) is 0.979. The number of amides is 2. The lowest BCUT2D eigenvalue weighted by Gasteiger charge is -2.06. The van der Waals surface area contributed by atoms with Gasteiger partial charge in [0.25, 0.3) is 0 Å². The second kappa shape index (κ2) is 12.8. The lowest BCUT2D eigenvalue weighted by molar-refractivity contribution is 0.242. The minimum absolute atomic E-state index is 0. The van der Waals surface area contributed by atoms with Gasteiger partial charge in [0.1, 0.15) is 0 Å². The fourth-order valence-corrected chi connectivity index (χ4v) is 0.979. The van der Waals surface area contributed by atoms with Crippen LogP contribution in [0.5, 0.6) is 0 Å². The maximum atomic E-state index is 11.1. The van der Waals surface area contributed by atoms with Gasteiger partial charge in [-0.2, -0.15) is 0 Å². The van der Waals surface area contributed by atoms with Crippen molar-refractivity contribution in [3.05, 3.63) is 23.8 Å². The van der Waals surface area contributed by atoms with Gasteiger partial charge in [-0.15, -0.1) is 0 Å². The van der Waals surface area contributed by atoms with Gasteiger partial charge >= 0.3 is 6.03 Å². The molecule has 0 aliphatic carbocycles. The zero-order valence-electron chi connectivity index (χ0n) is 12.1. The van der Waals surface area contributed by atoms with E-state index in [1.165, 1.54) is 0 Å². The molecule has 104 valence electrons. The molecule has 0 saturated heterocycles. The van der Waals surface area contributed by atoms with Crippen molar-refractivity contribution >= 4 is 6.03 Å². The largest absolute Gasteiger partial charge is 0.338 e. The molecule has 3 nitrogen and oxygen atoms in total. The molecule has 3 heteroatoms. The van der Waals surface area contributed by atoms with E-state index in [-0.39, 0.29) is 8.88 Å². The topological polar surface area (TPSA) is 41.1 Å². The zero-order chi connectivity index (χ0) is 13.7. The van der Waals surface area contributed by atoms with Crippen molar-refractivity contribution < 1.29 is 7.65 Å². The van der Waals surface area contributed by atoms with Gasteiger partial charge in [0.15, 0.2) is 0 Å². The highest BCUT2D eigenvalue weighted by atomic mass is 16.2. The van der Waals surface area contributed by atoms with Crippen LogP contribution in [0, 0.1) is 5.92 Å². The molecule has 17 heavy (non-hydrogen) atoms. The fraction of sp³-hybridized carbons (Fsp3) is 0.643. The Morgan fingerprint density at radius 3 is 2.29 bits per heavy atom. The molecule has 0 aliphatic heterocycles. The van der Waals surface area contributed by atoms with E-state index in [4.69, 9.17) is 0 Å². The van der Waals surface area contributed by atoms with Crippen molar-refractivity contribution in [1.82, 2.24) is 10.6 Å². The number of allylic oxidation sites excluding steroid dienone is 2. The van der Waals surface area contributed by atoms with Gasteiger partial charge < -0.3 is 10.6 Å². The number of carbonyl (C=O) groups is 1. The Labute approximate surface area is 109 Å². The summed E-state index contributed by atoms with van der Waals surface area (Å²) < 4.78 is 0. The Hall–Kier alpha value is -1.25. The predicted octanol–water partition coefficient (Wildman–Crippen LogP) is 3.98. The second-order valence-electron chi connectivity index (χ2n) is 3.68. The highest BCUT2D eigenvalue weighted by Crippen LogP contribution is 2.00. The molecule has 2 N–H and O–H groups in total. The standard InChI is InChI=1S/C12H22N2O.C2H6.2H2/c1-5-11(8-7-10(3)4)9-14-12(15)13-6-2;1-2;;/h5,7-8,10H,6,9H2,1-4H3,(H2,13,14,15);1-2H3;2*1H/b8-7-,11-5+;;;. The van der Waals surface area contributed by atoms with Gasteiger partial charge in [-0.3, -0.25) is 0 Å². The average Bonchev–Trinajstić information content (AvgIpc) is 2.32. The Bertz CT molecular complexity index is 252. The minimum Gasteiger partial charge on any atom is -0.338 e. The summed E-state index contributed by atoms with van der Waals surface area (Å²) in [4.78, 5) is 11.1. The summed E-state index contributed by atoms with van der Waals surface area (Å²) in [5, 5.41) is 5.48. The van der Waals surface area contributed by atoms with E-state index in [9.17, 15) is 4.79 Å². The predicted molar refractivity (Wildman–Crippen MR) is 80.4 cm³/mol. The van der Waals surface area contributed by atoms with Gasteiger partial charge in [-0.1, -0.05) is 45.9 Å². The summed E-state index contributed by atoms with van der Waals surface area (Å²) in [5.74, 6) is 0.532. The van der Waals surface area contributed by atoms with Gasteiger partial charge in [-0.25, -0.2) is 4.79 Å². The molecule has 0 aromatic carbocycles. The number of rotatable bonds is 5. The molecule has 0 unspecified atom stereocenters. The highest BCUT2D eigenvalue weighted by molar-refractivity contribution is 5.74. The first-order valence-corrected chi connectivity index (χ1v) is 6.45. The van der Waals surface area contributed by atoms with Crippen molar-refractivity contribution in [2.45, 2.75) is 41.5 Å². The molecule has 0 spiro atoms. The van der Waals surface area contributed by atoms with Crippen molar-refractivity contribution in [2.75, 3.05) is 13.1 Å². The number of hydrogen-bond acceptors (Lipinski definition) is 1. The van der Waals surface area contributed by atoms with Gasteiger partial charge in [0, 0.05) is 15.9 Å². The molecular weight excluding hydrogens is 212 g/mol. The van der Waals surface area contributed by atoms with Crippen LogP contribution < -0.4 is 10.6 Å². The monoisotopic (exact) mass is 244 g/mol. The van der Waals surface area contributed by atoms with Crippen LogP contribution in [0.3, 0.4) is 0 Å². The van der Waals surface area contributed by atoms with E-state index < -0.39 is 0 Å². The summed E-state index contributed by atoms with van der Waals surface area (Å²) in [6, 6.07) is -0.116. The first-order chi connectivity index (χ1) is 8.10. The number of hydrogen-bond donors (Lipinski definition) is 2. The van der Waals surface area contributed by atoms with Gasteiger partial charge in [0.2, 0.25) is 0 Å². The molecule has 0 aromatic heterocycles. The Morgan fingerprint density at radius 2 is 1.88 bits per heavy atom. The third kappa shape index (κ3) is 12.7. The molecule has 0 heterocycles. The van der Waals surface area contributed by atoms with Gasteiger partial charge in [-0.05, 0) is 25.3 Å². The lowest BCUT2D eigenvalue weighted by Crippen LogP contribution is -2.36. The van der Waals surface area contributed by atoms with Crippen molar-refractivity contribution in [2.24, 2.45) is 5.92 Å². The number of urea groups is 1. The van der Waals surface area contributed by atoms with Crippen molar-refractivity contribution in [3.8, 4) is 0 Å². The Balaban J connectivity index is -0.000000267. The first-order valence-electron chi connectivity index (χ1n) is 6.45. The normalized spacial score (nSPS) is 11.1. The zero-order valence-corrected chi connectivity index (χ0v) is 12.1. The SMILES string of the molecule is C/C=C(\C=C/C(C)C)CNC(=O)NCC.CC.[HH].[HH]. The third-order valence-corrected chi connectivity index (χ3v) is 1.86. The van der Waals surface area contributed by atoms with E-state index in [0.29, 0.717) is 19.0 Å². The molecule has 0 fully saturated rings. The third-order valence-electron chi connectivity index (χ3n) is 1.86. The quantitative estimate of drug-likeness (QED) is 0.706. The summed E-state index contributed by atoms with van der Waals surface area (Å²) in [5.41, 5.74) is 1.12. The van der Waals surface area contributed by atoms with Crippen LogP contribution in [-0.4, -0.2) is 19.1 Å². The van der Waals surface area contributed by atoms with Gasteiger partial charge in [0.05, 0.1) is 0 Å². The van der Waals surface area contributed by atoms with Crippen molar-refractivity contribution in [1.29, 1.82) is 0 Å². The number of nitrogens with one attached hydrogen (secondary N) is 2. The van der Waals surface area contributed by atoms with E-state index in [1.54, 1.807) is 0 Å². The van der Waals surface area contributed by atoms with E-state index in [1.807, 2.05) is 33.8 Å². The molecule has 0 radical (unpaired) electrons. The van der Waals surface area contributed by atoms with Crippen LogP contribution in [0.25, 0.3) is 0 Å². The summed E-state index contributed by atoms with van der Waals surface area (Å²) in [6.07, 6.45) is 6.18. The number of carbonyl (C=O) groups excluding carboxylic acids is 1. The van der Waals surface area contributed by atoms with Crippen LogP contribution in [0.4, 0.5) is 4.79 Å². The molecule has 0 bridgehead atoms. The van der Waals surface area contributed by atoms with Crippen LogP contribution in [0.2, 0.25) is 0 Å². The van der Waals surface area contributed by atoms with Crippen LogP contribution in [0.15, 0.2) is 23.8 Å². The summed E-state index contributed by atoms with van der Waals surface area (Å²) >= 11 is 0. The molecule has 0 saturated carbocycles. The maximum Gasteiger partial charge on any atom is 0.315 e. The molecule has 0 aromatic rings. The first kappa shape index (κ1) is 18.1. The smallest absolute Gasteiger partial charge is 0.315 e. The molecule has 0 atom stereocenters. The van der Waals surface area contributed by atoms with E-state index in [0.717, 1.165) is 5.57 Å². The van der Waals surface area contributed by atoms with Crippen LogP contribution in [-0.2, 0) is 0 Å². The lowest BCUT2D eigenvalue weighted by atomic mass is 10.1. The van der Waals surface area contributed by atoms with E-state index in [2.05, 4.69) is 36.6 Å². The van der Waals surface area contributed by atoms with Crippen LogP contribution >= 0.6 is 0 Å². The molecule has 0 rings (SSSR count). The minimum atomic E-state index is -0.116. The molecule has 2 amide bonds. The average molecular weight is 244 g/mol. The Morgan fingerprint density at radius 1 is 1.29 bits per heavy atom. The highest BCUT2D eigenvalue weighted by Gasteiger charge is 1.97. The Kier molecular flexibility index (Phi) is 13.7. The molecule has 0 aliphatic rings. The van der Waals surface area contributed by atoms with E-state index >= 15 is 0 Å². The molecular formula is C14H32N2O. The summed E-state index contributed by atoms with van der Waals surface area (Å²) in [6.45, 7) is 13.3. The summed E-state index contributed by atoms with van der Waals surface area (Å²) in [7, 11) is 0.